The summed E-state index contributed by atoms with van der Waals surface area (Å²) in [6.45, 7) is 1.09. The highest BCUT2D eigenvalue weighted by Gasteiger charge is 2.37. The third-order valence-corrected chi connectivity index (χ3v) is 7.85. The molecular formula is C24H26N4O6S. The van der Waals surface area contributed by atoms with Gasteiger partial charge in [-0.15, -0.1) is 0 Å². The number of nitrogens with one attached hydrogen (secondary N) is 2. The van der Waals surface area contributed by atoms with E-state index in [0.29, 0.717) is 41.4 Å². The van der Waals surface area contributed by atoms with Crippen LogP contribution in [0.25, 0.3) is 10.9 Å². The van der Waals surface area contributed by atoms with Gasteiger partial charge in [-0.2, -0.15) is 0 Å². The first kappa shape index (κ1) is 23.3. The smallest absolute Gasteiger partial charge is 0.289 e. The van der Waals surface area contributed by atoms with Crippen molar-refractivity contribution in [1.29, 1.82) is 0 Å². The number of rotatable bonds is 4. The largest absolute Gasteiger partial charge is 0.438 e. The molecule has 2 aromatic heterocycles. The molecule has 1 aromatic carbocycles. The fourth-order valence-electron chi connectivity index (χ4n) is 5.32. The Morgan fingerprint density at radius 3 is 2.66 bits per heavy atom. The van der Waals surface area contributed by atoms with Crippen LogP contribution in [0, 0.1) is 11.8 Å². The molecule has 1 aliphatic carbocycles. The van der Waals surface area contributed by atoms with E-state index in [1.165, 1.54) is 18.2 Å². The van der Waals surface area contributed by atoms with Crippen LogP contribution in [-0.2, 0) is 10.0 Å². The van der Waals surface area contributed by atoms with Crippen LogP contribution in [0.3, 0.4) is 0 Å². The molecule has 1 saturated heterocycles. The second kappa shape index (κ2) is 8.97. The quantitative estimate of drug-likeness (QED) is 0.498. The maximum Gasteiger partial charge on any atom is 0.289 e. The van der Waals surface area contributed by atoms with Gasteiger partial charge in [0.15, 0.2) is 5.76 Å². The minimum atomic E-state index is -4.00. The zero-order chi connectivity index (χ0) is 24.7. The topological polar surface area (TPSA) is 156 Å². The Morgan fingerprint density at radius 2 is 1.89 bits per heavy atom. The lowest BCUT2D eigenvalue weighted by Crippen LogP contribution is -2.49. The number of pyridine rings is 1. The summed E-state index contributed by atoms with van der Waals surface area (Å²) in [7, 11) is -4.00. The molecule has 3 atom stereocenters. The minimum Gasteiger partial charge on any atom is -0.438 e. The molecule has 3 aromatic rings. The molecule has 184 valence electrons. The monoisotopic (exact) mass is 498 g/mol. The van der Waals surface area contributed by atoms with Gasteiger partial charge in [-0.05, 0) is 67.9 Å². The molecule has 1 saturated carbocycles. The molecule has 4 N–H and O–H groups in total. The maximum atomic E-state index is 13.0. The average Bonchev–Trinajstić information content (AvgIpc) is 3.34. The van der Waals surface area contributed by atoms with E-state index in [2.05, 4.69) is 10.3 Å². The molecule has 5 rings (SSSR count). The molecule has 3 heterocycles. The average molecular weight is 499 g/mol. The van der Waals surface area contributed by atoms with Crippen molar-refractivity contribution in [3.05, 3.63) is 64.1 Å². The number of nitrogens with zero attached hydrogens (tertiary/aromatic N) is 1. The Kier molecular flexibility index (Phi) is 5.97. The number of fused-ring (bicyclic) bond motifs is 2. The molecule has 35 heavy (non-hydrogen) atoms. The molecule has 0 spiro atoms. The third-order valence-electron chi connectivity index (χ3n) is 7.07. The summed E-state index contributed by atoms with van der Waals surface area (Å²) in [5.41, 5.74) is 0.937. The Hall–Kier alpha value is -3.44. The Labute approximate surface area is 201 Å². The van der Waals surface area contributed by atoms with E-state index in [9.17, 15) is 22.8 Å². The van der Waals surface area contributed by atoms with E-state index in [0.717, 1.165) is 25.7 Å². The lowest BCUT2D eigenvalue weighted by atomic mass is 9.73. The number of aromatic nitrogens is 1. The Morgan fingerprint density at radius 1 is 1.06 bits per heavy atom. The lowest BCUT2D eigenvalue weighted by Gasteiger charge is -2.43. The number of H-pyrrole nitrogens is 1. The number of hydrogen-bond donors (Lipinski definition) is 3. The van der Waals surface area contributed by atoms with Crippen molar-refractivity contribution in [3.63, 3.8) is 0 Å². The van der Waals surface area contributed by atoms with Gasteiger partial charge in [-0.3, -0.25) is 14.4 Å². The lowest BCUT2D eigenvalue weighted by molar-refractivity contribution is 0.0448. The highest BCUT2D eigenvalue weighted by Crippen LogP contribution is 2.37. The van der Waals surface area contributed by atoms with Crippen LogP contribution in [0.2, 0.25) is 0 Å². The van der Waals surface area contributed by atoms with E-state index in [4.69, 9.17) is 9.56 Å². The summed E-state index contributed by atoms with van der Waals surface area (Å²) in [6.07, 6.45) is 3.28. The van der Waals surface area contributed by atoms with Gasteiger partial charge in [-0.25, -0.2) is 13.6 Å². The van der Waals surface area contributed by atoms with E-state index in [-0.39, 0.29) is 29.2 Å². The van der Waals surface area contributed by atoms with E-state index >= 15 is 0 Å². The van der Waals surface area contributed by atoms with Crippen molar-refractivity contribution >= 4 is 32.7 Å². The SMILES string of the molecule is NS(=O)(=O)c1ccc(C(=O)N2CCC3CC(NC(=O)c4cccc5[nH]c(=O)ccc45)CCC3C2)o1. The van der Waals surface area contributed by atoms with Gasteiger partial charge >= 0.3 is 0 Å². The molecule has 1 aliphatic heterocycles. The van der Waals surface area contributed by atoms with Gasteiger partial charge < -0.3 is 19.6 Å². The summed E-state index contributed by atoms with van der Waals surface area (Å²) in [6, 6.07) is 10.9. The van der Waals surface area contributed by atoms with Crippen molar-refractivity contribution in [1.82, 2.24) is 15.2 Å². The van der Waals surface area contributed by atoms with Crippen LogP contribution in [0.1, 0.15) is 46.6 Å². The second-order valence-electron chi connectivity index (χ2n) is 9.30. The fraction of sp³-hybridized carbons (Fsp3) is 0.375. The first-order valence-electron chi connectivity index (χ1n) is 11.5. The Bertz CT molecular complexity index is 1460. The summed E-state index contributed by atoms with van der Waals surface area (Å²) in [4.78, 5) is 41.9. The number of hydrogen-bond acceptors (Lipinski definition) is 6. The molecule has 10 nitrogen and oxygen atoms in total. The molecular weight excluding hydrogens is 472 g/mol. The van der Waals surface area contributed by atoms with Crippen LogP contribution in [0.15, 0.2) is 56.8 Å². The van der Waals surface area contributed by atoms with Gasteiger partial charge in [0, 0.05) is 41.7 Å². The van der Waals surface area contributed by atoms with Gasteiger partial charge in [0.05, 0.1) is 0 Å². The summed E-state index contributed by atoms with van der Waals surface area (Å²) in [5.74, 6) is 0.129. The minimum absolute atomic E-state index is 0.0337. The van der Waals surface area contributed by atoms with Crippen LogP contribution in [0.4, 0.5) is 0 Å². The van der Waals surface area contributed by atoms with E-state index in [1.807, 2.05) is 0 Å². The standard InChI is InChI=1S/C24H26N4O6S/c25-35(32,33)22-9-7-20(34-22)24(31)28-11-10-14-12-16(5-4-15(14)13-28)26-23(30)18-2-1-3-19-17(18)6-8-21(29)27-19/h1-3,6-9,14-16H,4-5,10-13H2,(H,26,30)(H,27,29)(H2,25,32,33). The van der Waals surface area contributed by atoms with Crippen LogP contribution in [-0.4, -0.2) is 49.2 Å². The first-order chi connectivity index (χ1) is 16.7. The normalized spacial score (nSPS) is 22.5. The number of primary sulfonamides is 1. The van der Waals surface area contributed by atoms with Gasteiger partial charge in [-0.1, -0.05) is 6.07 Å². The highest BCUT2D eigenvalue weighted by molar-refractivity contribution is 7.89. The number of amides is 2. The van der Waals surface area contributed by atoms with Crippen LogP contribution < -0.4 is 16.0 Å². The van der Waals surface area contributed by atoms with Gasteiger partial charge in [0.25, 0.3) is 21.8 Å². The summed E-state index contributed by atoms with van der Waals surface area (Å²) in [5, 5.41) is 8.50. The molecule has 3 unspecified atom stereocenters. The molecule has 2 aliphatic rings. The van der Waals surface area contributed by atoms with Crippen molar-refractivity contribution in [2.75, 3.05) is 13.1 Å². The number of carbonyl (C=O) groups is 2. The zero-order valence-electron chi connectivity index (χ0n) is 18.9. The van der Waals surface area contributed by atoms with E-state index in [1.54, 1.807) is 29.2 Å². The number of benzene rings is 1. The molecule has 0 radical (unpaired) electrons. The maximum absolute atomic E-state index is 13.0. The number of likely N-dealkylation sites (tertiary alicyclic amines) is 1. The van der Waals surface area contributed by atoms with Crippen LogP contribution in [0.5, 0.6) is 0 Å². The second-order valence-corrected chi connectivity index (χ2v) is 10.8. The fourth-order valence-corrected chi connectivity index (χ4v) is 5.79. The van der Waals surface area contributed by atoms with Crippen molar-refractivity contribution < 1.29 is 22.4 Å². The van der Waals surface area contributed by atoms with Crippen molar-refractivity contribution in [2.24, 2.45) is 17.0 Å². The number of sulfonamides is 1. The number of piperidine rings is 1. The Balaban J connectivity index is 1.21. The molecule has 2 amide bonds. The summed E-state index contributed by atoms with van der Waals surface area (Å²) < 4.78 is 28.0. The number of furan rings is 1. The van der Waals surface area contributed by atoms with E-state index < -0.39 is 15.1 Å². The third kappa shape index (κ3) is 4.73. The summed E-state index contributed by atoms with van der Waals surface area (Å²) >= 11 is 0. The van der Waals surface area contributed by atoms with Gasteiger partial charge in [0.1, 0.15) is 0 Å². The van der Waals surface area contributed by atoms with Crippen LogP contribution >= 0.6 is 0 Å². The zero-order valence-corrected chi connectivity index (χ0v) is 19.7. The van der Waals surface area contributed by atoms with Gasteiger partial charge in [0.2, 0.25) is 10.7 Å². The predicted molar refractivity (Wildman–Crippen MR) is 127 cm³/mol. The molecule has 11 heteroatoms. The van der Waals surface area contributed by atoms with Crippen molar-refractivity contribution in [2.45, 2.75) is 36.8 Å². The number of carbonyl (C=O) groups excluding carboxylic acids is 2. The number of aromatic amines is 1. The van der Waals surface area contributed by atoms with Crippen molar-refractivity contribution in [3.8, 4) is 0 Å². The first-order valence-corrected chi connectivity index (χ1v) is 13.1. The number of nitrogens with two attached hydrogens (primary N) is 1. The highest BCUT2D eigenvalue weighted by atomic mass is 32.2. The molecule has 0 bridgehead atoms. The predicted octanol–water partition coefficient (Wildman–Crippen LogP) is 1.83. The molecule has 2 fully saturated rings.